The van der Waals surface area contributed by atoms with Gasteiger partial charge in [0.15, 0.2) is 0 Å². The molecule has 4 nitrogen and oxygen atoms in total. The summed E-state index contributed by atoms with van der Waals surface area (Å²) in [5, 5.41) is 2.83. The van der Waals surface area contributed by atoms with Gasteiger partial charge in [-0.3, -0.25) is 9.59 Å². The molecular weight excluding hydrogens is 360 g/mol. The first-order valence-corrected chi connectivity index (χ1v) is 9.62. The highest BCUT2D eigenvalue weighted by Crippen LogP contribution is 2.29. The molecule has 1 N–H and O–H groups in total. The molecule has 2 aromatic carbocycles. The van der Waals surface area contributed by atoms with Gasteiger partial charge in [-0.2, -0.15) is 0 Å². The number of benzene rings is 2. The quantitative estimate of drug-likeness (QED) is 0.391. The van der Waals surface area contributed by atoms with Crippen LogP contribution < -0.4 is 5.32 Å². The number of nitrogens with one attached hydrogen (secondary N) is 1. The summed E-state index contributed by atoms with van der Waals surface area (Å²) in [5.41, 5.74) is 5.00. The van der Waals surface area contributed by atoms with Crippen LogP contribution in [0.15, 0.2) is 85.1 Å². The average Bonchev–Trinajstić information content (AvgIpc) is 3.13. The van der Waals surface area contributed by atoms with Gasteiger partial charge < -0.3 is 9.72 Å². The molecule has 0 unspecified atom stereocenters. The second-order valence-electron chi connectivity index (χ2n) is 7.20. The lowest BCUT2D eigenvalue weighted by molar-refractivity contribution is -0.117. The first-order valence-electron chi connectivity index (χ1n) is 9.62. The monoisotopic (exact) mass is 382 g/mol. The maximum atomic E-state index is 13.2. The van der Waals surface area contributed by atoms with Gasteiger partial charge in [0.2, 0.25) is 0 Å². The summed E-state index contributed by atoms with van der Waals surface area (Å²) in [7, 11) is 0. The van der Waals surface area contributed by atoms with Gasteiger partial charge in [0.25, 0.3) is 11.7 Å². The number of pyridine rings is 1. The fraction of sp³-hybridized carbons (Fsp3) is 0.120. The van der Waals surface area contributed by atoms with Gasteiger partial charge in [0.05, 0.1) is 6.04 Å². The minimum absolute atomic E-state index is 0.262. The standard InChI is InChI=1S/C25H22N2O2/c1-17-11-13-20(14-12-17)22-16-21-10-6-7-15-27(21)23(22)24(28)25(29)26-18(2)19-8-4-3-5-9-19/h3-16,18H,1-2H3,(H,26,29)/t18-/m1/s1. The summed E-state index contributed by atoms with van der Waals surface area (Å²) in [4.78, 5) is 26.0. The van der Waals surface area contributed by atoms with Crippen molar-refractivity contribution in [1.29, 1.82) is 0 Å². The summed E-state index contributed by atoms with van der Waals surface area (Å²) < 4.78 is 1.78. The van der Waals surface area contributed by atoms with Crippen molar-refractivity contribution >= 4 is 17.2 Å². The van der Waals surface area contributed by atoms with Crippen molar-refractivity contribution in [3.05, 3.63) is 102 Å². The zero-order valence-corrected chi connectivity index (χ0v) is 16.4. The van der Waals surface area contributed by atoms with Gasteiger partial charge in [-0.15, -0.1) is 0 Å². The van der Waals surface area contributed by atoms with Gasteiger partial charge in [-0.1, -0.05) is 66.2 Å². The van der Waals surface area contributed by atoms with Crippen LogP contribution in [0.2, 0.25) is 0 Å². The number of Topliss-reactive ketones (excluding diaryl/α,β-unsaturated/α-hetero) is 1. The van der Waals surface area contributed by atoms with Gasteiger partial charge in [-0.25, -0.2) is 0 Å². The number of carbonyl (C=O) groups excluding carboxylic acids is 2. The summed E-state index contributed by atoms with van der Waals surface area (Å²) >= 11 is 0. The van der Waals surface area contributed by atoms with E-state index < -0.39 is 11.7 Å². The lowest BCUT2D eigenvalue weighted by Gasteiger charge is -2.14. The Bertz CT molecular complexity index is 1170. The van der Waals surface area contributed by atoms with Crippen LogP contribution in [0, 0.1) is 6.92 Å². The van der Waals surface area contributed by atoms with Gasteiger partial charge in [-0.05, 0) is 43.2 Å². The first kappa shape index (κ1) is 18.7. The number of carbonyl (C=O) groups is 2. The molecule has 0 spiro atoms. The highest BCUT2D eigenvalue weighted by atomic mass is 16.2. The Balaban J connectivity index is 1.72. The Labute approximate surface area is 169 Å². The molecule has 4 heteroatoms. The number of rotatable bonds is 5. The van der Waals surface area contributed by atoms with Crippen LogP contribution in [-0.4, -0.2) is 16.1 Å². The molecule has 2 aromatic heterocycles. The van der Waals surface area contributed by atoms with Crippen LogP contribution in [0.4, 0.5) is 0 Å². The maximum Gasteiger partial charge on any atom is 0.294 e. The molecule has 0 saturated carbocycles. The first-order chi connectivity index (χ1) is 14.0. The highest BCUT2D eigenvalue weighted by molar-refractivity contribution is 6.43. The molecule has 2 heterocycles. The van der Waals surface area contributed by atoms with Crippen molar-refractivity contribution in [2.75, 3.05) is 0 Å². The lowest BCUT2D eigenvalue weighted by Crippen LogP contribution is -2.34. The summed E-state index contributed by atoms with van der Waals surface area (Å²) in [5.74, 6) is -1.16. The number of aromatic nitrogens is 1. The Kier molecular flexibility index (Phi) is 5.00. The fourth-order valence-electron chi connectivity index (χ4n) is 3.50. The molecule has 0 bridgehead atoms. The molecule has 0 aliphatic heterocycles. The van der Waals surface area contributed by atoms with Gasteiger partial charge >= 0.3 is 0 Å². The van der Waals surface area contributed by atoms with Crippen LogP contribution in [0.1, 0.15) is 34.6 Å². The zero-order chi connectivity index (χ0) is 20.4. The van der Waals surface area contributed by atoms with Crippen molar-refractivity contribution in [2.24, 2.45) is 0 Å². The molecule has 0 fully saturated rings. The van der Waals surface area contributed by atoms with Crippen LogP contribution in [-0.2, 0) is 4.79 Å². The van der Waals surface area contributed by atoms with E-state index in [4.69, 9.17) is 0 Å². The van der Waals surface area contributed by atoms with Crippen molar-refractivity contribution < 1.29 is 9.59 Å². The van der Waals surface area contributed by atoms with Crippen LogP contribution in [0.5, 0.6) is 0 Å². The van der Waals surface area contributed by atoms with Crippen LogP contribution in [0.25, 0.3) is 16.6 Å². The second kappa shape index (κ2) is 7.76. The summed E-state index contributed by atoms with van der Waals surface area (Å²) in [6, 6.07) is 25.0. The molecule has 144 valence electrons. The third kappa shape index (κ3) is 3.69. The van der Waals surface area contributed by atoms with E-state index in [9.17, 15) is 9.59 Å². The number of fused-ring (bicyclic) bond motifs is 1. The average molecular weight is 382 g/mol. The van der Waals surface area contributed by atoms with E-state index in [0.717, 1.165) is 27.8 Å². The minimum Gasteiger partial charge on any atom is -0.343 e. The van der Waals surface area contributed by atoms with Crippen LogP contribution >= 0.6 is 0 Å². The number of ketones is 1. The molecule has 1 atom stereocenters. The van der Waals surface area contributed by atoms with Crippen molar-refractivity contribution in [3.63, 3.8) is 0 Å². The van der Waals surface area contributed by atoms with E-state index in [1.54, 1.807) is 4.40 Å². The smallest absolute Gasteiger partial charge is 0.294 e. The maximum absolute atomic E-state index is 13.2. The van der Waals surface area contributed by atoms with Gasteiger partial charge in [0.1, 0.15) is 5.69 Å². The Hall–Kier alpha value is -3.66. The SMILES string of the molecule is Cc1ccc(-c2cc3ccccn3c2C(=O)C(=O)N[C@H](C)c2ccccc2)cc1. The Morgan fingerprint density at radius 3 is 2.31 bits per heavy atom. The number of aryl methyl sites for hydroxylation is 1. The highest BCUT2D eigenvalue weighted by Gasteiger charge is 2.25. The zero-order valence-electron chi connectivity index (χ0n) is 16.4. The number of amides is 1. The van der Waals surface area contributed by atoms with E-state index in [1.165, 1.54) is 0 Å². The Morgan fingerprint density at radius 2 is 1.59 bits per heavy atom. The third-order valence-corrected chi connectivity index (χ3v) is 5.11. The van der Waals surface area contributed by atoms with Crippen molar-refractivity contribution in [3.8, 4) is 11.1 Å². The van der Waals surface area contributed by atoms with Crippen molar-refractivity contribution in [1.82, 2.24) is 9.72 Å². The Morgan fingerprint density at radius 1 is 0.897 bits per heavy atom. The normalized spacial score (nSPS) is 11.9. The largest absolute Gasteiger partial charge is 0.343 e. The molecule has 1 amide bonds. The molecular formula is C25H22N2O2. The van der Waals surface area contributed by atoms with Gasteiger partial charge in [0, 0.05) is 17.3 Å². The molecule has 0 aliphatic rings. The third-order valence-electron chi connectivity index (χ3n) is 5.11. The number of hydrogen-bond acceptors (Lipinski definition) is 2. The molecule has 29 heavy (non-hydrogen) atoms. The molecule has 0 radical (unpaired) electrons. The molecule has 4 rings (SSSR count). The predicted octanol–water partition coefficient (Wildman–Crippen LogP) is 4.97. The summed E-state index contributed by atoms with van der Waals surface area (Å²) in [6.45, 7) is 3.89. The summed E-state index contributed by atoms with van der Waals surface area (Å²) in [6.07, 6.45) is 1.81. The van der Waals surface area contributed by atoms with E-state index >= 15 is 0 Å². The molecule has 0 saturated heterocycles. The van der Waals surface area contributed by atoms with Crippen molar-refractivity contribution in [2.45, 2.75) is 19.9 Å². The predicted molar refractivity (Wildman–Crippen MR) is 115 cm³/mol. The number of hydrogen-bond donors (Lipinski definition) is 1. The van der Waals surface area contributed by atoms with E-state index in [0.29, 0.717) is 5.69 Å². The van der Waals surface area contributed by atoms with E-state index in [1.807, 2.05) is 98.9 Å². The molecule has 0 aliphatic carbocycles. The number of nitrogens with zero attached hydrogens (tertiary/aromatic N) is 1. The molecule has 4 aromatic rings. The lowest BCUT2D eigenvalue weighted by atomic mass is 10.0. The topological polar surface area (TPSA) is 50.6 Å². The second-order valence-corrected chi connectivity index (χ2v) is 7.20. The van der Waals surface area contributed by atoms with E-state index in [-0.39, 0.29) is 6.04 Å². The van der Waals surface area contributed by atoms with Crippen LogP contribution in [0.3, 0.4) is 0 Å². The minimum atomic E-state index is -0.612. The van der Waals surface area contributed by atoms with E-state index in [2.05, 4.69) is 5.32 Å². The fourth-order valence-corrected chi connectivity index (χ4v) is 3.50.